The summed E-state index contributed by atoms with van der Waals surface area (Å²) < 4.78 is 30.5. The Morgan fingerprint density at radius 2 is 1.55 bits per heavy atom. The van der Waals surface area contributed by atoms with Gasteiger partial charge in [-0.1, -0.05) is 51.1 Å². The van der Waals surface area contributed by atoms with Crippen LogP contribution < -0.4 is 30.1 Å². The number of ether oxygens (including phenoxy) is 3. The third-order valence-corrected chi connectivity index (χ3v) is 9.49. The molecular formula is C38H40N3O7P. The molecule has 0 aliphatic heterocycles. The zero-order valence-corrected chi connectivity index (χ0v) is 29.5. The predicted molar refractivity (Wildman–Crippen MR) is 194 cm³/mol. The summed E-state index contributed by atoms with van der Waals surface area (Å²) in [6.07, 6.45) is 2.09. The van der Waals surface area contributed by atoms with Gasteiger partial charge in [-0.25, -0.2) is 9.59 Å². The molecule has 5 aromatic rings. The number of amides is 2. The van der Waals surface area contributed by atoms with E-state index in [4.69, 9.17) is 14.2 Å². The summed E-state index contributed by atoms with van der Waals surface area (Å²) in [6.45, 7) is 9.53. The SMILES string of the molecule is COc1cc(Cc2cc(Oc3ccc(NC(=O)Nc4cc(C(C)(C)C)cc(P(C)(C)=O)c4OC)c4ccccc34)ccn2)ccc1C(=O)O. The molecule has 0 fully saturated rings. The molecule has 11 heteroatoms. The number of aromatic carboxylic acids is 1. The number of nitrogens with zero attached hydrogens (tertiary/aromatic N) is 1. The first-order valence-corrected chi connectivity index (χ1v) is 18.2. The summed E-state index contributed by atoms with van der Waals surface area (Å²) in [5, 5.41) is 17.4. The number of urea groups is 1. The molecule has 1 heterocycles. The Balaban J connectivity index is 1.39. The maximum Gasteiger partial charge on any atom is 0.339 e. The van der Waals surface area contributed by atoms with E-state index >= 15 is 0 Å². The van der Waals surface area contributed by atoms with Gasteiger partial charge in [-0.05, 0) is 72.3 Å². The van der Waals surface area contributed by atoms with E-state index in [9.17, 15) is 19.3 Å². The monoisotopic (exact) mass is 681 g/mol. The first-order valence-electron chi connectivity index (χ1n) is 15.6. The van der Waals surface area contributed by atoms with Gasteiger partial charge in [0.25, 0.3) is 0 Å². The number of methoxy groups -OCH3 is 2. The number of carboxylic acids is 1. The van der Waals surface area contributed by atoms with Gasteiger partial charge in [-0.3, -0.25) is 4.98 Å². The van der Waals surface area contributed by atoms with Crippen molar-refractivity contribution >= 4 is 46.6 Å². The van der Waals surface area contributed by atoms with Gasteiger partial charge in [-0.2, -0.15) is 0 Å². The summed E-state index contributed by atoms with van der Waals surface area (Å²) in [4.78, 5) is 29.4. The van der Waals surface area contributed by atoms with Gasteiger partial charge in [0, 0.05) is 35.2 Å². The van der Waals surface area contributed by atoms with E-state index in [1.54, 1.807) is 49.9 Å². The lowest BCUT2D eigenvalue weighted by Crippen LogP contribution is -2.23. The van der Waals surface area contributed by atoms with Crippen molar-refractivity contribution in [2.75, 3.05) is 38.2 Å². The maximum atomic E-state index is 13.4. The van der Waals surface area contributed by atoms with E-state index in [1.807, 2.05) is 42.5 Å². The van der Waals surface area contributed by atoms with Crippen LogP contribution in [0.2, 0.25) is 0 Å². The van der Waals surface area contributed by atoms with Crippen LogP contribution in [0.3, 0.4) is 0 Å². The predicted octanol–water partition coefficient (Wildman–Crippen LogP) is 8.52. The highest BCUT2D eigenvalue weighted by atomic mass is 31.2. The molecule has 49 heavy (non-hydrogen) atoms. The second kappa shape index (κ2) is 14.0. The fraction of sp³-hybridized carbons (Fsp3) is 0.237. The Kier molecular flexibility index (Phi) is 10.0. The molecule has 0 atom stereocenters. The number of hydrogen-bond acceptors (Lipinski definition) is 7. The van der Waals surface area contributed by atoms with Gasteiger partial charge in [0.05, 0.1) is 30.9 Å². The van der Waals surface area contributed by atoms with Crippen molar-refractivity contribution < 1.29 is 33.5 Å². The van der Waals surface area contributed by atoms with Crippen LogP contribution >= 0.6 is 7.14 Å². The molecule has 2 amide bonds. The summed E-state index contributed by atoms with van der Waals surface area (Å²) in [6, 6.07) is 22.9. The van der Waals surface area contributed by atoms with Crippen LogP contribution in [0.5, 0.6) is 23.0 Å². The summed E-state index contributed by atoms with van der Waals surface area (Å²) in [5.41, 5.74) is 3.31. The third kappa shape index (κ3) is 8.04. The van der Waals surface area contributed by atoms with Gasteiger partial charge in [0.1, 0.15) is 30.0 Å². The second-order valence-electron chi connectivity index (χ2n) is 13.0. The number of rotatable bonds is 10. The van der Waals surface area contributed by atoms with Crippen LogP contribution in [0.25, 0.3) is 10.8 Å². The minimum absolute atomic E-state index is 0.0895. The highest BCUT2D eigenvalue weighted by Gasteiger charge is 2.26. The third-order valence-electron chi connectivity index (χ3n) is 8.00. The molecule has 4 aromatic carbocycles. The molecule has 1 aromatic heterocycles. The van der Waals surface area contributed by atoms with Crippen molar-refractivity contribution in [1.82, 2.24) is 4.98 Å². The summed E-state index contributed by atoms with van der Waals surface area (Å²) >= 11 is 0. The highest BCUT2D eigenvalue weighted by Crippen LogP contribution is 2.43. The Hall–Kier alpha value is -5.34. The van der Waals surface area contributed by atoms with Crippen LogP contribution in [0.15, 0.2) is 85.1 Å². The quantitative estimate of drug-likeness (QED) is 0.125. The fourth-order valence-electron chi connectivity index (χ4n) is 5.47. The maximum absolute atomic E-state index is 13.4. The minimum atomic E-state index is -2.74. The molecule has 0 aliphatic carbocycles. The van der Waals surface area contributed by atoms with Crippen LogP contribution in [0, 0.1) is 0 Å². The number of carboxylic acid groups (broad SMARTS) is 1. The van der Waals surface area contributed by atoms with Crippen molar-refractivity contribution in [3.05, 3.63) is 107 Å². The second-order valence-corrected chi connectivity index (χ2v) is 16.2. The van der Waals surface area contributed by atoms with Crippen molar-refractivity contribution in [2.45, 2.75) is 32.6 Å². The van der Waals surface area contributed by atoms with Gasteiger partial charge >= 0.3 is 12.0 Å². The van der Waals surface area contributed by atoms with Crippen molar-refractivity contribution in [3.63, 3.8) is 0 Å². The van der Waals surface area contributed by atoms with E-state index in [0.717, 1.165) is 27.6 Å². The van der Waals surface area contributed by atoms with E-state index in [2.05, 4.69) is 36.4 Å². The summed E-state index contributed by atoms with van der Waals surface area (Å²) in [5.74, 6) is 0.738. The van der Waals surface area contributed by atoms with Gasteiger partial charge in [0.2, 0.25) is 0 Å². The normalized spacial score (nSPS) is 11.6. The molecule has 5 rings (SSSR count). The Bertz CT molecular complexity index is 2100. The molecule has 0 saturated heterocycles. The number of hydrogen-bond donors (Lipinski definition) is 3. The molecule has 0 aliphatic rings. The Labute approximate surface area is 285 Å². The number of fused-ring (bicyclic) bond motifs is 1. The lowest BCUT2D eigenvalue weighted by atomic mass is 9.86. The average molecular weight is 682 g/mol. The first kappa shape index (κ1) is 35.0. The van der Waals surface area contributed by atoms with E-state index in [1.165, 1.54) is 20.3 Å². The van der Waals surface area contributed by atoms with Crippen molar-refractivity contribution in [3.8, 4) is 23.0 Å². The largest absolute Gasteiger partial charge is 0.496 e. The zero-order valence-electron chi connectivity index (χ0n) is 28.6. The first-order chi connectivity index (χ1) is 23.2. The van der Waals surface area contributed by atoms with Crippen molar-refractivity contribution in [2.24, 2.45) is 0 Å². The minimum Gasteiger partial charge on any atom is -0.496 e. The summed E-state index contributed by atoms with van der Waals surface area (Å²) in [7, 11) is 0.197. The van der Waals surface area contributed by atoms with Gasteiger partial charge in [-0.15, -0.1) is 0 Å². The lowest BCUT2D eigenvalue weighted by Gasteiger charge is -2.25. The number of aromatic nitrogens is 1. The molecule has 254 valence electrons. The smallest absolute Gasteiger partial charge is 0.339 e. The van der Waals surface area contributed by atoms with Gasteiger partial charge in [0.15, 0.2) is 5.75 Å². The van der Waals surface area contributed by atoms with E-state index < -0.39 is 19.1 Å². The van der Waals surface area contributed by atoms with E-state index in [0.29, 0.717) is 40.3 Å². The number of anilines is 2. The van der Waals surface area contributed by atoms with Crippen LogP contribution in [0.1, 0.15) is 48.0 Å². The molecule has 0 radical (unpaired) electrons. The Morgan fingerprint density at radius 1 is 0.837 bits per heavy atom. The number of carbonyl (C=O) groups is 2. The standard InChI is InChI=1S/C38H40N3O7P/c1-38(2,3)24-20-31(35(47-5)34(21-24)49(6,7)45)41-37(44)40-30-14-15-32(28-11-9-8-10-27(28)30)48-26-16-17-39-25(22-26)18-23-12-13-29(36(42)43)33(19-23)46-4/h8-17,19-22H,18H2,1-7H3,(H,42,43)(H2,40,41,44). The molecule has 0 spiro atoms. The molecule has 3 N–H and O–H groups in total. The molecule has 10 nitrogen and oxygen atoms in total. The molecule has 0 saturated carbocycles. The van der Waals surface area contributed by atoms with Crippen LogP contribution in [-0.4, -0.2) is 49.6 Å². The van der Waals surface area contributed by atoms with Crippen LogP contribution in [0.4, 0.5) is 16.2 Å². The molecular weight excluding hydrogens is 641 g/mol. The number of pyridine rings is 1. The average Bonchev–Trinajstić information content (AvgIpc) is 3.04. The zero-order chi connectivity index (χ0) is 35.5. The number of nitrogens with one attached hydrogen (secondary N) is 2. The van der Waals surface area contributed by atoms with E-state index in [-0.39, 0.29) is 16.7 Å². The van der Waals surface area contributed by atoms with Gasteiger partial charge < -0.3 is 34.5 Å². The molecule has 0 bridgehead atoms. The number of benzene rings is 4. The fourth-order valence-corrected chi connectivity index (χ4v) is 6.62. The topological polar surface area (TPSA) is 136 Å². The Morgan fingerprint density at radius 3 is 2.20 bits per heavy atom. The molecule has 0 unspecified atom stereocenters. The lowest BCUT2D eigenvalue weighted by molar-refractivity contribution is 0.0693. The number of carbonyl (C=O) groups excluding carboxylic acids is 1. The highest BCUT2D eigenvalue weighted by molar-refractivity contribution is 7.70. The van der Waals surface area contributed by atoms with Crippen molar-refractivity contribution in [1.29, 1.82) is 0 Å². The van der Waals surface area contributed by atoms with Crippen LogP contribution in [-0.2, 0) is 16.4 Å².